The molecule has 0 saturated carbocycles. The minimum absolute atomic E-state index is 0.151. The van der Waals surface area contributed by atoms with Crippen LogP contribution in [0, 0.1) is 6.92 Å². The number of hydrogen-bond acceptors (Lipinski definition) is 6. The monoisotopic (exact) mass is 417 g/mol. The maximum atomic E-state index is 12.6. The first-order chi connectivity index (χ1) is 13.9. The van der Waals surface area contributed by atoms with Gasteiger partial charge in [-0.05, 0) is 42.8 Å². The second-order valence-corrected chi connectivity index (χ2v) is 6.65. The van der Waals surface area contributed by atoms with Crippen LogP contribution in [0.25, 0.3) is 11.0 Å². The number of ether oxygens (including phenoxy) is 3. The Morgan fingerprint density at radius 1 is 1.07 bits per heavy atom. The van der Waals surface area contributed by atoms with Gasteiger partial charge in [-0.2, -0.15) is 0 Å². The lowest BCUT2D eigenvalue weighted by molar-refractivity contribution is -0.115. The van der Waals surface area contributed by atoms with E-state index in [1.54, 1.807) is 37.3 Å². The maximum Gasteiger partial charge on any atom is 0.340 e. The summed E-state index contributed by atoms with van der Waals surface area (Å²) in [6.07, 6.45) is -0.151. The third-order valence-electron chi connectivity index (χ3n) is 4.57. The number of rotatable bonds is 6. The van der Waals surface area contributed by atoms with Gasteiger partial charge in [0.05, 0.1) is 38.3 Å². The number of nitrogens with one attached hydrogen (secondary N) is 1. The molecule has 0 spiro atoms. The maximum absolute atomic E-state index is 12.6. The van der Waals surface area contributed by atoms with Gasteiger partial charge in [0.15, 0.2) is 11.3 Å². The van der Waals surface area contributed by atoms with E-state index >= 15 is 0 Å². The van der Waals surface area contributed by atoms with Gasteiger partial charge in [0, 0.05) is 11.1 Å². The predicted molar refractivity (Wildman–Crippen MR) is 111 cm³/mol. The van der Waals surface area contributed by atoms with Crippen molar-refractivity contribution in [3.63, 3.8) is 0 Å². The normalized spacial score (nSPS) is 10.7. The highest BCUT2D eigenvalue weighted by Crippen LogP contribution is 2.36. The van der Waals surface area contributed by atoms with E-state index in [1.807, 2.05) is 0 Å². The average molecular weight is 418 g/mol. The second kappa shape index (κ2) is 8.45. The van der Waals surface area contributed by atoms with E-state index in [0.717, 1.165) is 0 Å². The summed E-state index contributed by atoms with van der Waals surface area (Å²) in [6, 6.07) is 8.37. The van der Waals surface area contributed by atoms with Crippen LogP contribution in [0.4, 0.5) is 5.69 Å². The molecule has 0 bridgehead atoms. The molecular formula is C21H20ClNO6. The fourth-order valence-electron chi connectivity index (χ4n) is 3.08. The molecule has 7 nitrogen and oxygen atoms in total. The van der Waals surface area contributed by atoms with E-state index in [4.69, 9.17) is 30.2 Å². The quantitative estimate of drug-likeness (QED) is 0.611. The van der Waals surface area contributed by atoms with E-state index in [0.29, 0.717) is 38.9 Å². The minimum atomic E-state index is -0.607. The fraction of sp³-hybridized carbons (Fsp3) is 0.238. The standard InChI is InChI=1S/C21H20ClNO6/c1-11-13-6-8-17(27-3)20(28-4)19(13)29-21(25)14(11)10-18(24)23-12-5-7-16(26-2)15(22)9-12/h5-9H,10H2,1-4H3,(H,23,24). The molecule has 0 unspecified atom stereocenters. The second-order valence-electron chi connectivity index (χ2n) is 6.25. The molecule has 3 aromatic rings. The summed E-state index contributed by atoms with van der Waals surface area (Å²) < 4.78 is 21.1. The van der Waals surface area contributed by atoms with Crippen LogP contribution in [0.5, 0.6) is 17.2 Å². The number of aryl methyl sites for hydroxylation is 1. The lowest BCUT2D eigenvalue weighted by atomic mass is 10.0. The Labute approximate surface area is 172 Å². The van der Waals surface area contributed by atoms with Crippen molar-refractivity contribution < 1.29 is 23.4 Å². The van der Waals surface area contributed by atoms with Crippen LogP contribution in [-0.2, 0) is 11.2 Å². The third-order valence-corrected chi connectivity index (χ3v) is 4.87. The van der Waals surface area contributed by atoms with Crippen LogP contribution in [-0.4, -0.2) is 27.2 Å². The van der Waals surface area contributed by atoms with E-state index in [2.05, 4.69) is 5.32 Å². The molecule has 29 heavy (non-hydrogen) atoms. The van der Waals surface area contributed by atoms with E-state index < -0.39 is 5.63 Å². The molecule has 0 aliphatic heterocycles. The van der Waals surface area contributed by atoms with Crippen LogP contribution in [0.2, 0.25) is 5.02 Å². The Hall–Kier alpha value is -3.19. The first kappa shape index (κ1) is 20.5. The van der Waals surface area contributed by atoms with Crippen molar-refractivity contribution in [3.8, 4) is 17.2 Å². The SMILES string of the molecule is COc1ccc(NC(=O)Cc2c(C)c3ccc(OC)c(OC)c3oc2=O)cc1Cl. The smallest absolute Gasteiger partial charge is 0.340 e. The Morgan fingerprint density at radius 2 is 1.76 bits per heavy atom. The zero-order valence-electron chi connectivity index (χ0n) is 16.4. The molecule has 8 heteroatoms. The van der Waals surface area contributed by atoms with Gasteiger partial charge in [0.25, 0.3) is 0 Å². The van der Waals surface area contributed by atoms with Crippen LogP contribution < -0.4 is 25.2 Å². The number of carbonyl (C=O) groups excluding carboxylic acids is 1. The molecule has 0 aliphatic carbocycles. The molecule has 1 N–H and O–H groups in total. The molecule has 0 saturated heterocycles. The molecule has 3 rings (SSSR count). The van der Waals surface area contributed by atoms with Gasteiger partial charge in [-0.15, -0.1) is 0 Å². The first-order valence-electron chi connectivity index (χ1n) is 8.70. The number of methoxy groups -OCH3 is 3. The molecule has 0 fully saturated rings. The molecule has 0 aliphatic rings. The summed E-state index contributed by atoms with van der Waals surface area (Å²) >= 11 is 6.08. The Balaban J connectivity index is 1.93. The van der Waals surface area contributed by atoms with Crippen LogP contribution in [0.3, 0.4) is 0 Å². The summed E-state index contributed by atoms with van der Waals surface area (Å²) in [7, 11) is 4.47. The minimum Gasteiger partial charge on any atom is -0.495 e. The van der Waals surface area contributed by atoms with Crippen LogP contribution in [0.15, 0.2) is 39.5 Å². The number of hydrogen-bond donors (Lipinski definition) is 1. The zero-order chi connectivity index (χ0) is 21.1. The summed E-state index contributed by atoms with van der Waals surface area (Å²) in [5, 5.41) is 3.75. The van der Waals surface area contributed by atoms with Crippen molar-refractivity contribution >= 4 is 34.2 Å². The molecule has 1 amide bonds. The number of halogens is 1. The lowest BCUT2D eigenvalue weighted by Gasteiger charge is -2.13. The van der Waals surface area contributed by atoms with Crippen molar-refractivity contribution in [3.05, 3.63) is 56.9 Å². The lowest BCUT2D eigenvalue weighted by Crippen LogP contribution is -2.20. The zero-order valence-corrected chi connectivity index (χ0v) is 17.2. The average Bonchev–Trinajstić information content (AvgIpc) is 2.70. The van der Waals surface area contributed by atoms with Gasteiger partial charge in [-0.1, -0.05) is 11.6 Å². The van der Waals surface area contributed by atoms with Crippen molar-refractivity contribution in [2.24, 2.45) is 0 Å². The molecule has 152 valence electrons. The number of carbonyl (C=O) groups is 1. The van der Waals surface area contributed by atoms with Gasteiger partial charge in [0.1, 0.15) is 5.75 Å². The first-order valence-corrected chi connectivity index (χ1v) is 9.08. The van der Waals surface area contributed by atoms with Gasteiger partial charge in [-0.25, -0.2) is 4.79 Å². The highest BCUT2D eigenvalue weighted by molar-refractivity contribution is 6.32. The van der Waals surface area contributed by atoms with Crippen molar-refractivity contribution in [2.45, 2.75) is 13.3 Å². The van der Waals surface area contributed by atoms with Gasteiger partial charge in [0.2, 0.25) is 11.7 Å². The summed E-state index contributed by atoms with van der Waals surface area (Å²) in [6.45, 7) is 1.76. The summed E-state index contributed by atoms with van der Waals surface area (Å²) in [5.74, 6) is 0.903. The number of amides is 1. The molecule has 0 atom stereocenters. The van der Waals surface area contributed by atoms with E-state index in [-0.39, 0.29) is 23.5 Å². The molecule has 0 radical (unpaired) electrons. The van der Waals surface area contributed by atoms with Crippen LogP contribution >= 0.6 is 11.6 Å². The largest absolute Gasteiger partial charge is 0.495 e. The Kier molecular flexibility index (Phi) is 5.98. The number of anilines is 1. The number of benzene rings is 2. The van der Waals surface area contributed by atoms with Gasteiger partial charge < -0.3 is 23.9 Å². The molecule has 1 aromatic heterocycles. The highest BCUT2D eigenvalue weighted by atomic mass is 35.5. The Bertz CT molecular complexity index is 1140. The van der Waals surface area contributed by atoms with Crippen molar-refractivity contribution in [2.75, 3.05) is 26.6 Å². The Morgan fingerprint density at radius 3 is 2.38 bits per heavy atom. The third kappa shape index (κ3) is 4.00. The topological polar surface area (TPSA) is 87.0 Å². The summed E-state index contributed by atoms with van der Waals surface area (Å²) in [4.78, 5) is 25.1. The van der Waals surface area contributed by atoms with Crippen molar-refractivity contribution in [1.82, 2.24) is 0 Å². The molecule has 1 heterocycles. The number of fused-ring (bicyclic) bond motifs is 1. The predicted octanol–water partition coefficient (Wildman–Crippen LogP) is 3.96. The molecule has 2 aromatic carbocycles. The highest BCUT2D eigenvalue weighted by Gasteiger charge is 2.19. The van der Waals surface area contributed by atoms with Crippen molar-refractivity contribution in [1.29, 1.82) is 0 Å². The van der Waals surface area contributed by atoms with Crippen LogP contribution in [0.1, 0.15) is 11.1 Å². The van der Waals surface area contributed by atoms with E-state index in [1.165, 1.54) is 21.3 Å². The van der Waals surface area contributed by atoms with Gasteiger partial charge in [-0.3, -0.25) is 4.79 Å². The van der Waals surface area contributed by atoms with E-state index in [9.17, 15) is 9.59 Å². The molecular weight excluding hydrogens is 398 g/mol. The fourth-order valence-corrected chi connectivity index (χ4v) is 3.34. The van der Waals surface area contributed by atoms with Gasteiger partial charge >= 0.3 is 5.63 Å². The summed E-state index contributed by atoms with van der Waals surface area (Å²) in [5.41, 5.74) is 1.07.